The van der Waals surface area contributed by atoms with Crippen molar-refractivity contribution in [3.8, 4) is 17.3 Å². The second kappa shape index (κ2) is 12.5. The maximum atomic E-state index is 9.74. The van der Waals surface area contributed by atoms with E-state index in [1.54, 1.807) is 13.3 Å². The zero-order chi connectivity index (χ0) is 26.3. The predicted octanol–water partition coefficient (Wildman–Crippen LogP) is 5.65. The molecule has 0 atom stereocenters. The molecule has 200 valence electrons. The first-order valence-electron chi connectivity index (χ1n) is 13.4. The summed E-state index contributed by atoms with van der Waals surface area (Å²) in [5.74, 6) is 1.37. The van der Waals surface area contributed by atoms with Gasteiger partial charge in [0, 0.05) is 56.9 Å². The number of rotatable bonds is 10. The maximum Gasteiger partial charge on any atom is 0.126 e. The molecular formula is C29H40ClN5O2. The van der Waals surface area contributed by atoms with E-state index in [2.05, 4.69) is 41.6 Å². The summed E-state index contributed by atoms with van der Waals surface area (Å²) in [4.78, 5) is 9.46. The Bertz CT molecular complexity index is 1070. The Labute approximate surface area is 226 Å². The molecule has 1 aliphatic carbocycles. The van der Waals surface area contributed by atoms with Crippen LogP contribution in [0.4, 0.5) is 5.82 Å². The minimum absolute atomic E-state index is 0.136. The summed E-state index contributed by atoms with van der Waals surface area (Å²) in [6.07, 6.45) is 8.90. The third-order valence-corrected chi connectivity index (χ3v) is 8.25. The van der Waals surface area contributed by atoms with Gasteiger partial charge in [0.05, 0.1) is 27.8 Å². The minimum atomic E-state index is -0.411. The molecule has 37 heavy (non-hydrogen) atoms. The molecule has 8 heteroatoms. The molecule has 2 fully saturated rings. The van der Waals surface area contributed by atoms with Gasteiger partial charge in [0.25, 0.3) is 0 Å². The van der Waals surface area contributed by atoms with E-state index in [1.165, 1.54) is 25.7 Å². The first-order chi connectivity index (χ1) is 17.8. The van der Waals surface area contributed by atoms with Crippen LogP contribution in [0.25, 0.3) is 11.3 Å². The predicted molar refractivity (Wildman–Crippen MR) is 148 cm³/mol. The molecule has 2 aromatic rings. The normalized spacial score (nSPS) is 21.8. The van der Waals surface area contributed by atoms with Crippen molar-refractivity contribution in [1.29, 1.82) is 5.26 Å². The standard InChI is InChI=1S/C29H40ClN5O2/c1-28(2,36-3)19-33-22-9-7-21(8-10-22)15-23-16-24(25(30)17-32-23)26-5-4-6-27(35-26)34-20-29(18-31)11-13-37-14-12-29/h4-6,16-17,21-22,33H,7-15,19-20H2,1-3H3,(H,34,35). The van der Waals surface area contributed by atoms with E-state index in [0.717, 1.165) is 48.6 Å². The summed E-state index contributed by atoms with van der Waals surface area (Å²) < 4.78 is 11.0. The van der Waals surface area contributed by atoms with Gasteiger partial charge in [-0.15, -0.1) is 0 Å². The smallest absolute Gasteiger partial charge is 0.126 e. The highest BCUT2D eigenvalue weighted by Crippen LogP contribution is 2.32. The largest absolute Gasteiger partial charge is 0.381 e. The molecule has 0 amide bonds. The molecule has 1 saturated heterocycles. The number of methoxy groups -OCH3 is 1. The second-order valence-corrected chi connectivity index (χ2v) is 11.6. The van der Waals surface area contributed by atoms with Crippen LogP contribution in [-0.2, 0) is 15.9 Å². The molecule has 4 rings (SSSR count). The van der Waals surface area contributed by atoms with Gasteiger partial charge in [-0.05, 0) is 82.9 Å². The third-order valence-electron chi connectivity index (χ3n) is 7.95. The molecule has 0 spiro atoms. The number of hydrogen-bond donors (Lipinski definition) is 2. The number of halogens is 1. The first-order valence-corrected chi connectivity index (χ1v) is 13.8. The van der Waals surface area contributed by atoms with Crippen molar-refractivity contribution < 1.29 is 9.47 Å². The van der Waals surface area contributed by atoms with Crippen molar-refractivity contribution in [2.45, 2.75) is 70.4 Å². The molecule has 7 nitrogen and oxygen atoms in total. The Morgan fingerprint density at radius 3 is 2.68 bits per heavy atom. The Morgan fingerprint density at radius 1 is 1.22 bits per heavy atom. The van der Waals surface area contributed by atoms with Crippen LogP contribution in [0.3, 0.4) is 0 Å². The molecule has 0 unspecified atom stereocenters. The highest BCUT2D eigenvalue weighted by molar-refractivity contribution is 6.33. The minimum Gasteiger partial charge on any atom is -0.381 e. The number of nitrogens with one attached hydrogen (secondary N) is 2. The van der Waals surface area contributed by atoms with Crippen molar-refractivity contribution in [2.24, 2.45) is 11.3 Å². The lowest BCUT2D eigenvalue weighted by atomic mass is 9.82. The number of aromatic nitrogens is 2. The quantitative estimate of drug-likeness (QED) is 0.414. The van der Waals surface area contributed by atoms with Crippen LogP contribution in [0.5, 0.6) is 0 Å². The van der Waals surface area contributed by atoms with E-state index in [4.69, 9.17) is 26.1 Å². The Kier molecular flexibility index (Phi) is 9.41. The molecule has 0 aromatic carbocycles. The van der Waals surface area contributed by atoms with Gasteiger partial charge in [0.1, 0.15) is 5.82 Å². The average Bonchev–Trinajstić information content (AvgIpc) is 2.93. The van der Waals surface area contributed by atoms with Gasteiger partial charge >= 0.3 is 0 Å². The van der Waals surface area contributed by atoms with Crippen molar-refractivity contribution in [2.75, 3.05) is 38.7 Å². The van der Waals surface area contributed by atoms with Gasteiger partial charge in [0.2, 0.25) is 0 Å². The second-order valence-electron chi connectivity index (χ2n) is 11.2. The number of pyridine rings is 2. The Balaban J connectivity index is 1.36. The van der Waals surface area contributed by atoms with E-state index in [9.17, 15) is 5.26 Å². The first kappa shape index (κ1) is 27.8. The van der Waals surface area contributed by atoms with E-state index in [1.807, 2.05) is 18.2 Å². The van der Waals surface area contributed by atoms with E-state index >= 15 is 0 Å². The number of nitrogens with zero attached hydrogens (tertiary/aromatic N) is 3. The number of anilines is 1. The van der Waals surface area contributed by atoms with Crippen LogP contribution in [0.15, 0.2) is 30.5 Å². The number of nitriles is 1. The average molecular weight is 526 g/mol. The van der Waals surface area contributed by atoms with Gasteiger partial charge in [-0.25, -0.2) is 4.98 Å². The highest BCUT2D eigenvalue weighted by atomic mass is 35.5. The van der Waals surface area contributed by atoms with Crippen LogP contribution in [0.2, 0.25) is 5.02 Å². The van der Waals surface area contributed by atoms with Crippen molar-refractivity contribution in [1.82, 2.24) is 15.3 Å². The van der Waals surface area contributed by atoms with Crippen molar-refractivity contribution in [3.63, 3.8) is 0 Å². The lowest BCUT2D eigenvalue weighted by Crippen LogP contribution is -2.43. The van der Waals surface area contributed by atoms with Crippen LogP contribution in [0.1, 0.15) is 58.1 Å². The Morgan fingerprint density at radius 2 is 1.97 bits per heavy atom. The van der Waals surface area contributed by atoms with Crippen LogP contribution in [0, 0.1) is 22.7 Å². The molecule has 2 aliphatic rings. The highest BCUT2D eigenvalue weighted by Gasteiger charge is 2.32. The zero-order valence-corrected chi connectivity index (χ0v) is 23.1. The van der Waals surface area contributed by atoms with Gasteiger partial charge < -0.3 is 20.1 Å². The molecule has 1 saturated carbocycles. The molecule has 0 bridgehead atoms. The van der Waals surface area contributed by atoms with Crippen LogP contribution < -0.4 is 10.6 Å². The number of hydrogen-bond acceptors (Lipinski definition) is 7. The molecule has 0 radical (unpaired) electrons. The summed E-state index contributed by atoms with van der Waals surface area (Å²) in [7, 11) is 1.77. The summed E-state index contributed by atoms with van der Waals surface area (Å²) in [5.41, 5.74) is 2.22. The Hall–Kier alpha value is -2.24. The lowest BCUT2D eigenvalue weighted by molar-refractivity contribution is 0.0196. The van der Waals surface area contributed by atoms with E-state index < -0.39 is 5.41 Å². The summed E-state index contributed by atoms with van der Waals surface area (Å²) >= 11 is 6.57. The summed E-state index contributed by atoms with van der Waals surface area (Å²) in [5, 5.41) is 17.4. The van der Waals surface area contributed by atoms with Gasteiger partial charge in [-0.1, -0.05) is 17.7 Å². The van der Waals surface area contributed by atoms with Crippen LogP contribution in [-0.4, -0.2) is 55.0 Å². The summed E-state index contributed by atoms with van der Waals surface area (Å²) in [6, 6.07) is 11.0. The zero-order valence-electron chi connectivity index (χ0n) is 22.4. The van der Waals surface area contributed by atoms with E-state index in [0.29, 0.717) is 36.7 Å². The topological polar surface area (TPSA) is 92.1 Å². The molecule has 2 aromatic heterocycles. The van der Waals surface area contributed by atoms with Gasteiger partial charge in [0.15, 0.2) is 0 Å². The molecule has 3 heterocycles. The van der Waals surface area contributed by atoms with Gasteiger partial charge in [-0.3, -0.25) is 4.98 Å². The SMILES string of the molecule is COC(C)(C)CNC1CCC(Cc2cc(-c3cccc(NCC4(C#N)CCOCC4)n3)c(Cl)cn2)CC1. The summed E-state index contributed by atoms with van der Waals surface area (Å²) in [6.45, 7) is 6.91. The third kappa shape index (κ3) is 7.64. The van der Waals surface area contributed by atoms with Gasteiger partial charge in [-0.2, -0.15) is 5.26 Å². The fourth-order valence-corrected chi connectivity index (χ4v) is 5.35. The fraction of sp³-hybridized carbons (Fsp3) is 0.621. The number of ether oxygens (including phenoxy) is 2. The van der Waals surface area contributed by atoms with E-state index in [-0.39, 0.29) is 5.60 Å². The maximum absolute atomic E-state index is 9.74. The lowest BCUT2D eigenvalue weighted by Gasteiger charge is -2.32. The molecule has 1 aliphatic heterocycles. The fourth-order valence-electron chi connectivity index (χ4n) is 5.15. The molecule has 2 N–H and O–H groups in total. The molecular weight excluding hydrogens is 486 g/mol. The van der Waals surface area contributed by atoms with Crippen molar-refractivity contribution in [3.05, 3.63) is 41.2 Å². The monoisotopic (exact) mass is 525 g/mol. The van der Waals surface area contributed by atoms with Crippen molar-refractivity contribution >= 4 is 17.4 Å². The van der Waals surface area contributed by atoms with Crippen LogP contribution >= 0.6 is 11.6 Å².